The first-order valence-corrected chi connectivity index (χ1v) is 7.74. The number of nitrogens with zero attached hydrogens (tertiary/aromatic N) is 2. The predicted molar refractivity (Wildman–Crippen MR) is 97.6 cm³/mol. The molecule has 3 aromatic rings. The lowest BCUT2D eigenvalue weighted by Gasteiger charge is -2.10. The van der Waals surface area contributed by atoms with Gasteiger partial charge in [0, 0.05) is 17.7 Å². The summed E-state index contributed by atoms with van der Waals surface area (Å²) in [5.74, 6) is -0.518. The molecular weight excluding hydrogens is 330 g/mol. The molecule has 126 valence electrons. The van der Waals surface area contributed by atoms with Gasteiger partial charge in [-0.05, 0) is 29.3 Å². The monoisotopic (exact) mass is 343 g/mol. The van der Waals surface area contributed by atoms with Crippen molar-refractivity contribution in [3.8, 4) is 17.2 Å². The number of carbonyl (C=O) groups excluding carboxylic acids is 1. The number of non-ortho nitro benzene ring substituents is 1. The maximum atomic E-state index is 12.5. The molecule has 26 heavy (non-hydrogen) atoms. The highest BCUT2D eigenvalue weighted by molar-refractivity contribution is 6.05. The molecule has 0 spiro atoms. The summed E-state index contributed by atoms with van der Waals surface area (Å²) in [6.07, 6.45) is 0. The van der Waals surface area contributed by atoms with Crippen molar-refractivity contribution in [1.29, 1.82) is 5.26 Å². The fourth-order valence-corrected chi connectivity index (χ4v) is 2.51. The van der Waals surface area contributed by atoms with Crippen molar-refractivity contribution >= 4 is 17.3 Å². The fraction of sp³-hybridized carbons (Fsp3) is 0. The largest absolute Gasteiger partial charge is 0.321 e. The maximum Gasteiger partial charge on any atom is 0.270 e. The smallest absolute Gasteiger partial charge is 0.270 e. The number of anilines is 1. The zero-order valence-corrected chi connectivity index (χ0v) is 13.5. The number of hydrogen-bond acceptors (Lipinski definition) is 4. The van der Waals surface area contributed by atoms with Crippen LogP contribution in [0.1, 0.15) is 15.9 Å². The molecular formula is C20H13N3O3. The highest BCUT2D eigenvalue weighted by Gasteiger charge is 2.14. The number of nitro benzene ring substituents is 1. The molecule has 3 aromatic carbocycles. The average Bonchev–Trinajstić information content (AvgIpc) is 2.68. The molecule has 0 atom stereocenters. The summed E-state index contributed by atoms with van der Waals surface area (Å²) in [4.78, 5) is 22.8. The minimum Gasteiger partial charge on any atom is -0.321 e. The van der Waals surface area contributed by atoms with Crippen LogP contribution in [0.4, 0.5) is 11.4 Å². The standard InChI is InChI=1S/C20H13N3O3/c21-13-17-10-9-15(14-5-2-1-3-6-14)12-19(17)22-20(24)16-7-4-8-18(11-16)23(25)26/h1-12H,(H,22,24). The molecule has 3 rings (SSSR count). The molecule has 0 bridgehead atoms. The SMILES string of the molecule is N#Cc1ccc(-c2ccccc2)cc1NC(=O)c1cccc([N+](=O)[O-])c1. The summed E-state index contributed by atoms with van der Waals surface area (Å²) in [6.45, 7) is 0. The van der Waals surface area contributed by atoms with Crippen molar-refractivity contribution < 1.29 is 9.72 Å². The van der Waals surface area contributed by atoms with Crippen molar-refractivity contribution in [2.45, 2.75) is 0 Å². The van der Waals surface area contributed by atoms with Crippen molar-refractivity contribution in [1.82, 2.24) is 0 Å². The van der Waals surface area contributed by atoms with E-state index < -0.39 is 10.8 Å². The van der Waals surface area contributed by atoms with Gasteiger partial charge in [0.1, 0.15) is 6.07 Å². The van der Waals surface area contributed by atoms with Gasteiger partial charge < -0.3 is 5.32 Å². The van der Waals surface area contributed by atoms with Gasteiger partial charge in [-0.25, -0.2) is 0 Å². The van der Waals surface area contributed by atoms with Crippen molar-refractivity contribution in [3.05, 3.63) is 94.0 Å². The number of amides is 1. The fourth-order valence-electron chi connectivity index (χ4n) is 2.51. The molecule has 0 aliphatic carbocycles. The Hall–Kier alpha value is -3.98. The van der Waals surface area contributed by atoms with E-state index in [1.54, 1.807) is 18.2 Å². The van der Waals surface area contributed by atoms with E-state index in [0.29, 0.717) is 11.3 Å². The Bertz CT molecular complexity index is 1020. The van der Waals surface area contributed by atoms with E-state index in [2.05, 4.69) is 5.32 Å². The van der Waals surface area contributed by atoms with Crippen LogP contribution in [0.15, 0.2) is 72.8 Å². The van der Waals surface area contributed by atoms with Gasteiger partial charge in [0.25, 0.3) is 11.6 Å². The van der Waals surface area contributed by atoms with Gasteiger partial charge in [-0.1, -0.05) is 42.5 Å². The van der Waals surface area contributed by atoms with Crippen LogP contribution in [0, 0.1) is 21.4 Å². The van der Waals surface area contributed by atoms with E-state index >= 15 is 0 Å². The highest BCUT2D eigenvalue weighted by Crippen LogP contribution is 2.26. The van der Waals surface area contributed by atoms with Gasteiger partial charge in [-0.3, -0.25) is 14.9 Å². The summed E-state index contributed by atoms with van der Waals surface area (Å²) >= 11 is 0. The minimum absolute atomic E-state index is 0.146. The Morgan fingerprint density at radius 2 is 1.73 bits per heavy atom. The Balaban J connectivity index is 1.93. The molecule has 1 N–H and O–H groups in total. The number of nitro groups is 1. The first-order valence-electron chi connectivity index (χ1n) is 7.74. The summed E-state index contributed by atoms with van der Waals surface area (Å²) in [5, 5.41) is 22.8. The summed E-state index contributed by atoms with van der Waals surface area (Å²) < 4.78 is 0. The molecule has 0 fully saturated rings. The summed E-state index contributed by atoms with van der Waals surface area (Å²) in [7, 11) is 0. The normalized spacial score (nSPS) is 9.96. The first kappa shape index (κ1) is 16.9. The zero-order valence-electron chi connectivity index (χ0n) is 13.5. The Kier molecular flexibility index (Phi) is 4.72. The van der Waals surface area contributed by atoms with Gasteiger partial charge in [0.05, 0.1) is 16.2 Å². The topological polar surface area (TPSA) is 96.0 Å². The van der Waals surface area contributed by atoms with E-state index in [1.807, 2.05) is 36.4 Å². The van der Waals surface area contributed by atoms with Gasteiger partial charge in [0.2, 0.25) is 0 Å². The quantitative estimate of drug-likeness (QED) is 0.561. The molecule has 0 unspecified atom stereocenters. The lowest BCUT2D eigenvalue weighted by molar-refractivity contribution is -0.384. The molecule has 0 saturated heterocycles. The van der Waals surface area contributed by atoms with Crippen LogP contribution in [0.25, 0.3) is 11.1 Å². The van der Waals surface area contributed by atoms with Crippen LogP contribution < -0.4 is 5.32 Å². The third-order valence-electron chi connectivity index (χ3n) is 3.81. The Morgan fingerprint density at radius 3 is 2.42 bits per heavy atom. The van der Waals surface area contributed by atoms with E-state index in [0.717, 1.165) is 11.1 Å². The molecule has 0 aliphatic heterocycles. The number of carbonyl (C=O) groups is 1. The second kappa shape index (κ2) is 7.28. The zero-order chi connectivity index (χ0) is 18.5. The van der Waals surface area contributed by atoms with Gasteiger partial charge in [0.15, 0.2) is 0 Å². The molecule has 6 heteroatoms. The van der Waals surface area contributed by atoms with Crippen molar-refractivity contribution in [2.24, 2.45) is 0 Å². The number of hydrogen-bond donors (Lipinski definition) is 1. The van der Waals surface area contributed by atoms with E-state index in [-0.39, 0.29) is 11.3 Å². The second-order valence-corrected chi connectivity index (χ2v) is 5.50. The lowest BCUT2D eigenvalue weighted by atomic mass is 10.0. The predicted octanol–water partition coefficient (Wildman–Crippen LogP) is 4.39. The number of nitrogens with one attached hydrogen (secondary N) is 1. The molecule has 6 nitrogen and oxygen atoms in total. The van der Waals surface area contributed by atoms with Crippen molar-refractivity contribution in [2.75, 3.05) is 5.32 Å². The Morgan fingerprint density at radius 1 is 0.962 bits per heavy atom. The number of benzene rings is 3. The van der Waals surface area contributed by atoms with Gasteiger partial charge in [-0.2, -0.15) is 5.26 Å². The number of nitriles is 1. The molecule has 1 amide bonds. The highest BCUT2D eigenvalue weighted by atomic mass is 16.6. The minimum atomic E-state index is -0.562. The van der Waals surface area contributed by atoms with Gasteiger partial charge in [-0.15, -0.1) is 0 Å². The third-order valence-corrected chi connectivity index (χ3v) is 3.81. The summed E-state index contributed by atoms with van der Waals surface area (Å²) in [6, 6.07) is 22.2. The van der Waals surface area contributed by atoms with E-state index in [9.17, 15) is 20.2 Å². The summed E-state index contributed by atoms with van der Waals surface area (Å²) in [5.41, 5.74) is 2.43. The molecule has 0 heterocycles. The van der Waals surface area contributed by atoms with Crippen LogP contribution in [-0.4, -0.2) is 10.8 Å². The van der Waals surface area contributed by atoms with Crippen LogP contribution >= 0.6 is 0 Å². The van der Waals surface area contributed by atoms with E-state index in [4.69, 9.17) is 0 Å². The second-order valence-electron chi connectivity index (χ2n) is 5.50. The van der Waals surface area contributed by atoms with Gasteiger partial charge >= 0.3 is 0 Å². The van der Waals surface area contributed by atoms with Crippen LogP contribution in [0.2, 0.25) is 0 Å². The van der Waals surface area contributed by atoms with Crippen LogP contribution in [-0.2, 0) is 0 Å². The Labute approximate surface area is 149 Å². The first-order chi connectivity index (χ1) is 12.6. The average molecular weight is 343 g/mol. The molecule has 0 aliphatic rings. The molecule has 0 radical (unpaired) electrons. The third kappa shape index (κ3) is 3.57. The number of rotatable bonds is 4. The maximum absolute atomic E-state index is 12.5. The van der Waals surface area contributed by atoms with E-state index in [1.165, 1.54) is 24.3 Å². The van der Waals surface area contributed by atoms with Crippen LogP contribution in [0.3, 0.4) is 0 Å². The molecule has 0 saturated carbocycles. The van der Waals surface area contributed by atoms with Crippen LogP contribution in [0.5, 0.6) is 0 Å². The molecule has 0 aromatic heterocycles. The van der Waals surface area contributed by atoms with Crippen molar-refractivity contribution in [3.63, 3.8) is 0 Å². The lowest BCUT2D eigenvalue weighted by Crippen LogP contribution is -2.13.